The smallest absolute Gasteiger partial charge is 0.338 e. The number of carbonyl (C=O) groups excluding carboxylic acids is 1. The highest BCUT2D eigenvalue weighted by Gasteiger charge is 2.34. The molecule has 0 saturated heterocycles. The second-order valence-corrected chi connectivity index (χ2v) is 4.60. The number of nitrogens with one attached hydrogen (secondary N) is 1. The molecule has 0 aromatic carbocycles. The first-order valence-corrected chi connectivity index (χ1v) is 6.66. The Labute approximate surface area is 121 Å². The Morgan fingerprint density at radius 1 is 1.43 bits per heavy atom. The first-order chi connectivity index (χ1) is 10.2. The van der Waals surface area contributed by atoms with Crippen molar-refractivity contribution in [3.05, 3.63) is 47.7 Å². The summed E-state index contributed by atoms with van der Waals surface area (Å²) in [5.41, 5.74) is 2.15. The number of pyridine rings is 1. The molecule has 0 spiro atoms. The van der Waals surface area contributed by atoms with Gasteiger partial charge in [0.05, 0.1) is 12.2 Å². The van der Waals surface area contributed by atoms with Crippen LogP contribution >= 0.6 is 0 Å². The molecule has 1 aliphatic heterocycles. The van der Waals surface area contributed by atoms with Gasteiger partial charge in [0, 0.05) is 18.1 Å². The summed E-state index contributed by atoms with van der Waals surface area (Å²) in [4.78, 5) is 20.5. The van der Waals surface area contributed by atoms with Crippen LogP contribution in [0.15, 0.2) is 42.1 Å². The number of anilines is 1. The molecule has 1 aliphatic rings. The van der Waals surface area contributed by atoms with Crippen LogP contribution in [0, 0.1) is 0 Å². The summed E-state index contributed by atoms with van der Waals surface area (Å²) in [6.07, 6.45) is 4.83. The first-order valence-electron chi connectivity index (χ1n) is 6.66. The number of esters is 1. The lowest BCUT2D eigenvalue weighted by atomic mass is 9.97. The molecule has 1 atom stereocenters. The summed E-state index contributed by atoms with van der Waals surface area (Å²) in [5.74, 6) is 0.243. The Hall–Kier alpha value is -2.70. The molecular weight excluding hydrogens is 270 g/mol. The van der Waals surface area contributed by atoms with Gasteiger partial charge in [0.2, 0.25) is 5.95 Å². The lowest BCUT2D eigenvalue weighted by Gasteiger charge is -2.27. The number of fused-ring (bicyclic) bond motifs is 1. The van der Waals surface area contributed by atoms with E-state index in [0.29, 0.717) is 18.1 Å². The summed E-state index contributed by atoms with van der Waals surface area (Å²) in [6.45, 7) is 3.94. The van der Waals surface area contributed by atoms with E-state index in [0.717, 1.165) is 11.3 Å². The number of carbonyl (C=O) groups is 1. The van der Waals surface area contributed by atoms with Crippen molar-refractivity contribution in [1.82, 2.24) is 19.7 Å². The van der Waals surface area contributed by atoms with Crippen molar-refractivity contribution in [3.63, 3.8) is 0 Å². The fourth-order valence-electron chi connectivity index (χ4n) is 2.42. The van der Waals surface area contributed by atoms with E-state index in [1.807, 2.05) is 19.1 Å². The van der Waals surface area contributed by atoms with Crippen LogP contribution in [0.1, 0.15) is 25.5 Å². The van der Waals surface area contributed by atoms with Crippen molar-refractivity contribution in [2.45, 2.75) is 19.9 Å². The molecule has 0 amide bonds. The number of rotatable bonds is 3. The van der Waals surface area contributed by atoms with E-state index in [1.54, 1.807) is 24.0 Å². The van der Waals surface area contributed by atoms with Gasteiger partial charge in [-0.3, -0.25) is 4.98 Å². The van der Waals surface area contributed by atoms with Gasteiger partial charge in [-0.15, -0.1) is 0 Å². The summed E-state index contributed by atoms with van der Waals surface area (Å²) in [5, 5.41) is 7.30. The molecule has 0 fully saturated rings. The summed E-state index contributed by atoms with van der Waals surface area (Å²) in [7, 11) is 0. The quantitative estimate of drug-likeness (QED) is 0.861. The van der Waals surface area contributed by atoms with Gasteiger partial charge in [-0.2, -0.15) is 10.1 Å². The maximum absolute atomic E-state index is 12.3. The Bertz CT molecular complexity index is 692. The zero-order valence-electron chi connectivity index (χ0n) is 11.8. The van der Waals surface area contributed by atoms with Crippen LogP contribution in [0.3, 0.4) is 0 Å². The van der Waals surface area contributed by atoms with Crippen molar-refractivity contribution < 1.29 is 9.53 Å². The predicted octanol–water partition coefficient (Wildman–Crippen LogP) is 1.53. The number of nitrogens with zero attached hydrogens (tertiary/aromatic N) is 4. The number of hydrogen-bond donors (Lipinski definition) is 1. The predicted molar refractivity (Wildman–Crippen MR) is 75.4 cm³/mol. The zero-order chi connectivity index (χ0) is 14.8. The molecule has 0 bridgehead atoms. The molecule has 3 rings (SSSR count). The van der Waals surface area contributed by atoms with Gasteiger partial charge in [0.25, 0.3) is 0 Å². The second-order valence-electron chi connectivity index (χ2n) is 4.60. The van der Waals surface area contributed by atoms with Crippen LogP contribution in [0.4, 0.5) is 5.95 Å². The molecule has 21 heavy (non-hydrogen) atoms. The standard InChI is InChI=1S/C14H15N5O2/c1-3-21-13(20)11-9(2)18-14-16-8-17-19(14)12(11)10-4-6-15-7-5-10/h4-8,12H,3H2,1-2H3,(H,16,17,18)/t12-/m1/s1. The van der Waals surface area contributed by atoms with E-state index >= 15 is 0 Å². The van der Waals surface area contributed by atoms with Gasteiger partial charge in [-0.25, -0.2) is 9.48 Å². The van der Waals surface area contributed by atoms with E-state index < -0.39 is 0 Å². The zero-order valence-corrected chi connectivity index (χ0v) is 11.8. The second kappa shape index (κ2) is 5.35. The number of ether oxygens (including phenoxy) is 1. The lowest BCUT2D eigenvalue weighted by molar-refractivity contribution is -0.139. The first kappa shape index (κ1) is 13.3. The minimum atomic E-state index is -0.370. The third kappa shape index (κ3) is 2.26. The molecule has 0 aliphatic carbocycles. The average Bonchev–Trinajstić information content (AvgIpc) is 2.94. The minimum Gasteiger partial charge on any atom is -0.463 e. The maximum Gasteiger partial charge on any atom is 0.338 e. The molecule has 2 aromatic heterocycles. The van der Waals surface area contributed by atoms with Crippen molar-refractivity contribution in [3.8, 4) is 0 Å². The molecule has 7 heteroatoms. The Balaban J connectivity index is 2.13. The van der Waals surface area contributed by atoms with Gasteiger partial charge in [-0.1, -0.05) is 0 Å². The van der Waals surface area contributed by atoms with Gasteiger partial charge in [0.1, 0.15) is 12.4 Å². The van der Waals surface area contributed by atoms with Crippen molar-refractivity contribution in [2.24, 2.45) is 0 Å². The van der Waals surface area contributed by atoms with E-state index in [9.17, 15) is 4.79 Å². The molecule has 2 aromatic rings. The van der Waals surface area contributed by atoms with Crippen LogP contribution in [-0.2, 0) is 9.53 Å². The average molecular weight is 285 g/mol. The van der Waals surface area contributed by atoms with Crippen LogP contribution in [0.25, 0.3) is 0 Å². The molecule has 108 valence electrons. The largest absolute Gasteiger partial charge is 0.463 e. The summed E-state index contributed by atoms with van der Waals surface area (Å²) < 4.78 is 6.86. The molecule has 0 radical (unpaired) electrons. The third-order valence-electron chi connectivity index (χ3n) is 3.31. The van der Waals surface area contributed by atoms with Crippen molar-refractivity contribution in [1.29, 1.82) is 0 Å². The molecule has 1 N–H and O–H groups in total. The summed E-state index contributed by atoms with van der Waals surface area (Å²) >= 11 is 0. The highest BCUT2D eigenvalue weighted by Crippen LogP contribution is 2.34. The van der Waals surface area contributed by atoms with Crippen LogP contribution < -0.4 is 5.32 Å². The molecule has 7 nitrogen and oxygen atoms in total. The number of aromatic nitrogens is 4. The van der Waals surface area contributed by atoms with Crippen molar-refractivity contribution >= 4 is 11.9 Å². The monoisotopic (exact) mass is 285 g/mol. The normalized spacial score (nSPS) is 17.1. The van der Waals surface area contributed by atoms with Crippen molar-refractivity contribution in [2.75, 3.05) is 11.9 Å². The van der Waals surface area contributed by atoms with E-state index in [2.05, 4.69) is 20.4 Å². The van der Waals surface area contributed by atoms with Gasteiger partial charge in [-0.05, 0) is 31.5 Å². The van der Waals surface area contributed by atoms with E-state index in [-0.39, 0.29) is 12.0 Å². The fourth-order valence-corrected chi connectivity index (χ4v) is 2.42. The topological polar surface area (TPSA) is 81.9 Å². The van der Waals surface area contributed by atoms with Gasteiger partial charge in [0.15, 0.2) is 0 Å². The molecule has 0 saturated carbocycles. The van der Waals surface area contributed by atoms with Crippen LogP contribution in [0.2, 0.25) is 0 Å². The van der Waals surface area contributed by atoms with E-state index in [1.165, 1.54) is 6.33 Å². The highest BCUT2D eigenvalue weighted by atomic mass is 16.5. The fraction of sp³-hybridized carbons (Fsp3) is 0.286. The lowest BCUT2D eigenvalue weighted by Crippen LogP contribution is -2.29. The number of hydrogen-bond acceptors (Lipinski definition) is 6. The van der Waals surface area contributed by atoms with Gasteiger partial charge >= 0.3 is 5.97 Å². The van der Waals surface area contributed by atoms with E-state index in [4.69, 9.17) is 4.74 Å². The van der Waals surface area contributed by atoms with Crippen LogP contribution in [0.5, 0.6) is 0 Å². The number of allylic oxidation sites excluding steroid dienone is 1. The SMILES string of the molecule is CCOC(=O)C1=C(C)Nc2ncnn2[C@@H]1c1ccncc1. The minimum absolute atomic E-state index is 0.322. The highest BCUT2D eigenvalue weighted by molar-refractivity contribution is 5.92. The molecule has 3 heterocycles. The molecular formula is C14H15N5O2. The Morgan fingerprint density at radius 2 is 2.19 bits per heavy atom. The Kier molecular flexibility index (Phi) is 3.39. The van der Waals surface area contributed by atoms with Gasteiger partial charge < -0.3 is 10.1 Å². The van der Waals surface area contributed by atoms with Crippen LogP contribution in [-0.4, -0.2) is 32.3 Å². The Morgan fingerprint density at radius 3 is 2.90 bits per heavy atom. The third-order valence-corrected chi connectivity index (χ3v) is 3.31. The summed E-state index contributed by atoms with van der Waals surface area (Å²) in [6, 6.07) is 3.34. The maximum atomic E-state index is 12.3. The molecule has 0 unspecified atom stereocenters.